The normalized spacial score (nSPS) is 31.8. The van der Waals surface area contributed by atoms with E-state index in [1.807, 2.05) is 0 Å². The van der Waals surface area contributed by atoms with E-state index >= 15 is 0 Å². The van der Waals surface area contributed by atoms with Gasteiger partial charge in [0.2, 0.25) is 0 Å². The molecule has 2 atom stereocenters. The van der Waals surface area contributed by atoms with E-state index in [0.717, 1.165) is 18.9 Å². The molecule has 1 heterocycles. The minimum Gasteiger partial charge on any atom is -0.312 e. The molecule has 2 unspecified atom stereocenters. The maximum Gasteiger partial charge on any atom is 0.0672 e. The molecule has 1 saturated carbocycles. The third-order valence-electron chi connectivity index (χ3n) is 4.69. The van der Waals surface area contributed by atoms with Crippen molar-refractivity contribution >= 4 is 0 Å². The molecule has 3 nitrogen and oxygen atoms in total. The highest BCUT2D eigenvalue weighted by Crippen LogP contribution is 2.24. The van der Waals surface area contributed by atoms with E-state index in [9.17, 15) is 5.26 Å². The molecule has 102 valence electrons. The second-order valence-electron chi connectivity index (χ2n) is 6.13. The van der Waals surface area contributed by atoms with Crippen molar-refractivity contribution in [2.75, 3.05) is 26.7 Å². The summed E-state index contributed by atoms with van der Waals surface area (Å²) in [6, 6.07) is 2.97. The maximum absolute atomic E-state index is 9.26. The lowest BCUT2D eigenvalue weighted by molar-refractivity contribution is 0.208. The van der Waals surface area contributed by atoms with Crippen LogP contribution in [0.2, 0.25) is 0 Å². The average molecular weight is 249 g/mol. The van der Waals surface area contributed by atoms with Gasteiger partial charge in [-0.3, -0.25) is 0 Å². The van der Waals surface area contributed by atoms with E-state index < -0.39 is 0 Å². The van der Waals surface area contributed by atoms with Crippen LogP contribution in [0.4, 0.5) is 0 Å². The lowest BCUT2D eigenvalue weighted by Gasteiger charge is -2.31. The molecule has 18 heavy (non-hydrogen) atoms. The Balaban J connectivity index is 1.75. The predicted octanol–water partition coefficient (Wildman–Crippen LogP) is 2.39. The number of nitrogens with zero attached hydrogens (tertiary/aromatic N) is 2. The van der Waals surface area contributed by atoms with Gasteiger partial charge >= 0.3 is 0 Å². The summed E-state index contributed by atoms with van der Waals surface area (Å²) in [7, 11) is 2.21. The number of hydrogen-bond donors (Lipinski definition) is 1. The van der Waals surface area contributed by atoms with Gasteiger partial charge < -0.3 is 10.2 Å². The summed E-state index contributed by atoms with van der Waals surface area (Å²) in [5.74, 6) is 1.07. The van der Waals surface area contributed by atoms with E-state index in [-0.39, 0.29) is 5.92 Å². The van der Waals surface area contributed by atoms with E-state index in [0.29, 0.717) is 6.04 Å². The van der Waals surface area contributed by atoms with Crippen LogP contribution in [0.3, 0.4) is 0 Å². The summed E-state index contributed by atoms with van der Waals surface area (Å²) in [6.45, 7) is 3.59. The first kappa shape index (κ1) is 13.8. The highest BCUT2D eigenvalue weighted by Gasteiger charge is 2.24. The monoisotopic (exact) mass is 249 g/mol. The Kier molecular flexibility index (Phi) is 5.46. The summed E-state index contributed by atoms with van der Waals surface area (Å²) in [5.41, 5.74) is 0. The van der Waals surface area contributed by atoms with Crippen molar-refractivity contribution < 1.29 is 0 Å². The smallest absolute Gasteiger partial charge is 0.0672 e. The topological polar surface area (TPSA) is 39.1 Å². The quantitative estimate of drug-likeness (QED) is 0.781. The van der Waals surface area contributed by atoms with Crippen molar-refractivity contribution in [3.05, 3.63) is 0 Å². The fraction of sp³-hybridized carbons (Fsp3) is 0.933. The van der Waals surface area contributed by atoms with Crippen molar-refractivity contribution in [3.8, 4) is 6.07 Å². The van der Waals surface area contributed by atoms with Gasteiger partial charge in [0.1, 0.15) is 0 Å². The molecule has 3 heteroatoms. The first-order valence-corrected chi connectivity index (χ1v) is 7.61. The molecule has 2 aliphatic rings. The summed E-state index contributed by atoms with van der Waals surface area (Å²) in [4.78, 5) is 2.42. The molecular weight excluding hydrogens is 222 g/mol. The highest BCUT2D eigenvalue weighted by atomic mass is 15.1. The van der Waals surface area contributed by atoms with Crippen LogP contribution in [-0.4, -0.2) is 37.6 Å². The molecule has 0 aromatic heterocycles. The summed E-state index contributed by atoms with van der Waals surface area (Å²) >= 11 is 0. The molecule has 2 fully saturated rings. The zero-order valence-corrected chi connectivity index (χ0v) is 11.7. The van der Waals surface area contributed by atoms with Crippen molar-refractivity contribution in [3.63, 3.8) is 0 Å². The molecule has 0 aromatic rings. The van der Waals surface area contributed by atoms with Gasteiger partial charge in [-0.1, -0.05) is 19.3 Å². The maximum atomic E-state index is 9.26. The van der Waals surface area contributed by atoms with Gasteiger partial charge in [0, 0.05) is 6.04 Å². The molecule has 2 rings (SSSR count). The zero-order chi connectivity index (χ0) is 12.8. The highest BCUT2D eigenvalue weighted by molar-refractivity contribution is 4.93. The largest absolute Gasteiger partial charge is 0.312 e. The molecule has 1 aliphatic heterocycles. The van der Waals surface area contributed by atoms with Crippen LogP contribution >= 0.6 is 0 Å². The molecule has 0 aromatic carbocycles. The number of piperidine rings is 1. The van der Waals surface area contributed by atoms with Gasteiger partial charge in [-0.2, -0.15) is 5.26 Å². The Bertz CT molecular complexity index is 276. The molecule has 1 N–H and O–H groups in total. The SMILES string of the molecule is CN1CCC(CNC2CCCCCC2C#N)CC1. The van der Waals surface area contributed by atoms with Crippen LogP contribution in [0.25, 0.3) is 0 Å². The fourth-order valence-electron chi connectivity index (χ4n) is 3.29. The molecule has 0 bridgehead atoms. The van der Waals surface area contributed by atoms with Crippen LogP contribution in [0.5, 0.6) is 0 Å². The predicted molar refractivity (Wildman–Crippen MR) is 74.2 cm³/mol. The Morgan fingerprint density at radius 3 is 2.56 bits per heavy atom. The van der Waals surface area contributed by atoms with Crippen molar-refractivity contribution in [2.24, 2.45) is 11.8 Å². The molecule has 1 aliphatic carbocycles. The Morgan fingerprint density at radius 2 is 1.83 bits per heavy atom. The average Bonchev–Trinajstić information content (AvgIpc) is 2.63. The van der Waals surface area contributed by atoms with Gasteiger partial charge in [0.05, 0.1) is 12.0 Å². The fourth-order valence-corrected chi connectivity index (χ4v) is 3.29. The van der Waals surface area contributed by atoms with Crippen LogP contribution in [-0.2, 0) is 0 Å². The number of rotatable bonds is 3. The van der Waals surface area contributed by atoms with Crippen LogP contribution in [0.15, 0.2) is 0 Å². The van der Waals surface area contributed by atoms with Crippen molar-refractivity contribution in [1.82, 2.24) is 10.2 Å². The van der Waals surface area contributed by atoms with E-state index in [4.69, 9.17) is 0 Å². The van der Waals surface area contributed by atoms with Crippen LogP contribution < -0.4 is 5.32 Å². The third kappa shape index (κ3) is 3.96. The Labute approximate surface area is 112 Å². The Morgan fingerprint density at radius 1 is 1.11 bits per heavy atom. The number of nitriles is 1. The molecule has 1 saturated heterocycles. The molecular formula is C15H27N3. The van der Waals surface area contributed by atoms with E-state index in [1.54, 1.807) is 0 Å². The number of hydrogen-bond acceptors (Lipinski definition) is 3. The first-order valence-electron chi connectivity index (χ1n) is 7.61. The minimum absolute atomic E-state index is 0.249. The van der Waals surface area contributed by atoms with E-state index in [1.165, 1.54) is 51.6 Å². The standard InChI is InChI=1S/C15H27N3/c1-18-9-7-13(8-10-18)12-17-15-6-4-2-3-5-14(15)11-16/h13-15,17H,2-10,12H2,1H3. The number of nitrogens with one attached hydrogen (secondary N) is 1. The van der Waals surface area contributed by atoms with Crippen molar-refractivity contribution in [1.29, 1.82) is 5.26 Å². The minimum atomic E-state index is 0.249. The summed E-state index contributed by atoms with van der Waals surface area (Å²) in [6.07, 6.45) is 8.77. The zero-order valence-electron chi connectivity index (χ0n) is 11.7. The van der Waals surface area contributed by atoms with Gasteiger partial charge in [0.15, 0.2) is 0 Å². The molecule has 0 radical (unpaired) electrons. The van der Waals surface area contributed by atoms with Crippen LogP contribution in [0.1, 0.15) is 44.9 Å². The number of likely N-dealkylation sites (tertiary alicyclic amines) is 1. The van der Waals surface area contributed by atoms with E-state index in [2.05, 4.69) is 23.3 Å². The summed E-state index contributed by atoms with van der Waals surface area (Å²) < 4.78 is 0. The third-order valence-corrected chi connectivity index (χ3v) is 4.69. The first-order chi connectivity index (χ1) is 8.79. The lowest BCUT2D eigenvalue weighted by atomic mass is 9.93. The molecule has 0 amide bonds. The second kappa shape index (κ2) is 7.11. The van der Waals surface area contributed by atoms with Gasteiger partial charge in [0.25, 0.3) is 0 Å². The Hall–Kier alpha value is -0.590. The molecule has 0 spiro atoms. The van der Waals surface area contributed by atoms with Crippen molar-refractivity contribution in [2.45, 2.75) is 51.0 Å². The van der Waals surface area contributed by atoms with Gasteiger partial charge in [-0.25, -0.2) is 0 Å². The summed E-state index contributed by atoms with van der Waals surface area (Å²) in [5, 5.41) is 13.0. The second-order valence-corrected chi connectivity index (χ2v) is 6.13. The van der Waals surface area contributed by atoms with Gasteiger partial charge in [-0.05, 0) is 58.3 Å². The van der Waals surface area contributed by atoms with Gasteiger partial charge in [-0.15, -0.1) is 0 Å². The van der Waals surface area contributed by atoms with Crippen LogP contribution in [0, 0.1) is 23.2 Å². The lowest BCUT2D eigenvalue weighted by Crippen LogP contribution is -2.41.